The third-order valence-electron chi connectivity index (χ3n) is 1.92. The van der Waals surface area contributed by atoms with Crippen LogP contribution in [0.25, 0.3) is 10.8 Å². The van der Waals surface area contributed by atoms with E-state index in [0.717, 1.165) is 5.69 Å². The number of rotatable bonds is 1. The van der Waals surface area contributed by atoms with Gasteiger partial charge < -0.3 is 5.43 Å². The largest absolute Gasteiger partial charge is 0.324 e. The summed E-state index contributed by atoms with van der Waals surface area (Å²) in [5, 5.41) is 2.43. The highest BCUT2D eigenvalue weighted by Crippen LogP contribution is 2.17. The van der Waals surface area contributed by atoms with E-state index in [0.29, 0.717) is 0 Å². The standard InChI is InChI=1S/C10H10N2.C2H6/c11-12-10-6-5-8-3-1-2-4-9(8)7-10;1-2/h1-7,12H,11H2;1-2H3. The number of fused-ring (bicyclic) bond motifs is 1. The molecule has 0 aliphatic carbocycles. The zero-order valence-corrected chi connectivity index (χ0v) is 8.62. The number of benzene rings is 2. The van der Waals surface area contributed by atoms with Crippen LogP contribution >= 0.6 is 0 Å². The van der Waals surface area contributed by atoms with E-state index in [4.69, 9.17) is 5.84 Å². The quantitative estimate of drug-likeness (QED) is 0.533. The number of hydrazine groups is 1. The molecule has 2 heteroatoms. The molecule has 2 nitrogen and oxygen atoms in total. The molecule has 0 aromatic heterocycles. The Morgan fingerprint density at radius 2 is 1.57 bits per heavy atom. The predicted molar refractivity (Wildman–Crippen MR) is 63.1 cm³/mol. The molecule has 0 heterocycles. The summed E-state index contributed by atoms with van der Waals surface area (Å²) in [6, 6.07) is 14.2. The zero-order chi connectivity index (χ0) is 10.4. The highest BCUT2D eigenvalue weighted by Gasteiger charge is 1.92. The molecule has 0 bridgehead atoms. The molecule has 2 rings (SSSR count). The molecule has 0 atom stereocenters. The molecular formula is C12H16N2. The summed E-state index contributed by atoms with van der Waals surface area (Å²) in [5.41, 5.74) is 3.56. The zero-order valence-electron chi connectivity index (χ0n) is 8.62. The summed E-state index contributed by atoms with van der Waals surface area (Å²) in [4.78, 5) is 0. The maximum atomic E-state index is 5.29. The van der Waals surface area contributed by atoms with Gasteiger partial charge in [0.25, 0.3) is 0 Å². The maximum Gasteiger partial charge on any atom is 0.0491 e. The Balaban J connectivity index is 0.000000461. The van der Waals surface area contributed by atoms with E-state index in [2.05, 4.69) is 17.6 Å². The Bertz CT molecular complexity index is 396. The summed E-state index contributed by atoms with van der Waals surface area (Å²) in [6.07, 6.45) is 0. The lowest BCUT2D eigenvalue weighted by Crippen LogP contribution is -2.05. The molecule has 0 saturated heterocycles. The monoisotopic (exact) mass is 188 g/mol. The smallest absolute Gasteiger partial charge is 0.0491 e. The number of hydrogen-bond acceptors (Lipinski definition) is 2. The van der Waals surface area contributed by atoms with Crippen molar-refractivity contribution in [1.82, 2.24) is 0 Å². The van der Waals surface area contributed by atoms with Crippen molar-refractivity contribution in [2.75, 3.05) is 5.43 Å². The fourth-order valence-electron chi connectivity index (χ4n) is 1.28. The number of nitrogens with two attached hydrogens (primary N) is 1. The minimum atomic E-state index is 0.939. The van der Waals surface area contributed by atoms with Crippen LogP contribution in [-0.4, -0.2) is 0 Å². The molecule has 74 valence electrons. The van der Waals surface area contributed by atoms with Gasteiger partial charge in [-0.15, -0.1) is 0 Å². The molecule has 0 unspecified atom stereocenters. The van der Waals surface area contributed by atoms with E-state index in [1.807, 2.05) is 44.2 Å². The average Bonchev–Trinajstić information content (AvgIpc) is 2.31. The Labute approximate surface area is 84.7 Å². The topological polar surface area (TPSA) is 38.0 Å². The van der Waals surface area contributed by atoms with Gasteiger partial charge in [0, 0.05) is 5.69 Å². The maximum absolute atomic E-state index is 5.29. The Hall–Kier alpha value is -1.54. The first-order valence-corrected chi connectivity index (χ1v) is 4.85. The van der Waals surface area contributed by atoms with Crippen LogP contribution in [0.5, 0.6) is 0 Å². The van der Waals surface area contributed by atoms with Gasteiger partial charge in [-0.25, -0.2) is 0 Å². The molecule has 0 radical (unpaired) electrons. The van der Waals surface area contributed by atoms with Crippen LogP contribution in [0.2, 0.25) is 0 Å². The minimum Gasteiger partial charge on any atom is -0.324 e. The van der Waals surface area contributed by atoms with Crippen molar-refractivity contribution in [2.24, 2.45) is 5.84 Å². The van der Waals surface area contributed by atoms with Gasteiger partial charge in [-0.05, 0) is 22.9 Å². The van der Waals surface area contributed by atoms with Crippen LogP contribution in [0.15, 0.2) is 42.5 Å². The lowest BCUT2D eigenvalue weighted by atomic mass is 10.1. The van der Waals surface area contributed by atoms with Crippen LogP contribution in [0.3, 0.4) is 0 Å². The fraction of sp³-hybridized carbons (Fsp3) is 0.167. The molecule has 2 aromatic carbocycles. The summed E-state index contributed by atoms with van der Waals surface area (Å²) >= 11 is 0. The van der Waals surface area contributed by atoms with Crippen molar-refractivity contribution >= 4 is 16.5 Å². The number of anilines is 1. The fourth-order valence-corrected chi connectivity index (χ4v) is 1.28. The second-order valence-electron chi connectivity index (χ2n) is 2.71. The minimum absolute atomic E-state index is 0.939. The molecule has 3 N–H and O–H groups in total. The van der Waals surface area contributed by atoms with Gasteiger partial charge in [0.2, 0.25) is 0 Å². The van der Waals surface area contributed by atoms with Crippen molar-refractivity contribution in [3.8, 4) is 0 Å². The van der Waals surface area contributed by atoms with Crippen LogP contribution < -0.4 is 11.3 Å². The van der Waals surface area contributed by atoms with Gasteiger partial charge in [0.05, 0.1) is 0 Å². The molecule has 0 amide bonds. The lowest BCUT2D eigenvalue weighted by Gasteiger charge is -2.01. The van der Waals surface area contributed by atoms with Crippen LogP contribution in [0.4, 0.5) is 5.69 Å². The summed E-state index contributed by atoms with van der Waals surface area (Å²) in [6.45, 7) is 4.00. The first-order chi connectivity index (χ1) is 6.90. The van der Waals surface area contributed by atoms with Crippen molar-refractivity contribution in [2.45, 2.75) is 13.8 Å². The third kappa shape index (κ3) is 2.24. The molecule has 0 saturated carbocycles. The number of nitrogens with one attached hydrogen (secondary N) is 1. The van der Waals surface area contributed by atoms with Gasteiger partial charge in [-0.2, -0.15) is 0 Å². The van der Waals surface area contributed by atoms with Gasteiger partial charge in [-0.1, -0.05) is 44.2 Å². The molecule has 14 heavy (non-hydrogen) atoms. The first-order valence-electron chi connectivity index (χ1n) is 4.85. The SMILES string of the molecule is CC.NNc1ccc2ccccc2c1. The molecule has 0 spiro atoms. The van der Waals surface area contributed by atoms with E-state index in [9.17, 15) is 0 Å². The van der Waals surface area contributed by atoms with Gasteiger partial charge in [-0.3, -0.25) is 5.84 Å². The van der Waals surface area contributed by atoms with Crippen molar-refractivity contribution in [3.05, 3.63) is 42.5 Å². The molecule has 2 aromatic rings. The molecule has 0 aliphatic rings. The molecular weight excluding hydrogens is 172 g/mol. The van der Waals surface area contributed by atoms with E-state index >= 15 is 0 Å². The third-order valence-corrected chi connectivity index (χ3v) is 1.92. The normalized spacial score (nSPS) is 9.07. The molecule has 0 aliphatic heterocycles. The number of hydrogen-bond donors (Lipinski definition) is 2. The van der Waals surface area contributed by atoms with Crippen LogP contribution in [0.1, 0.15) is 13.8 Å². The van der Waals surface area contributed by atoms with Crippen LogP contribution in [-0.2, 0) is 0 Å². The van der Waals surface area contributed by atoms with Gasteiger partial charge in [0.15, 0.2) is 0 Å². The Kier molecular flexibility index (Phi) is 3.95. The van der Waals surface area contributed by atoms with Gasteiger partial charge >= 0.3 is 0 Å². The Morgan fingerprint density at radius 3 is 2.21 bits per heavy atom. The summed E-state index contributed by atoms with van der Waals surface area (Å²) in [7, 11) is 0. The summed E-state index contributed by atoms with van der Waals surface area (Å²) < 4.78 is 0. The van der Waals surface area contributed by atoms with Crippen molar-refractivity contribution < 1.29 is 0 Å². The van der Waals surface area contributed by atoms with E-state index in [1.54, 1.807) is 0 Å². The van der Waals surface area contributed by atoms with Gasteiger partial charge in [0.1, 0.15) is 0 Å². The van der Waals surface area contributed by atoms with E-state index in [-0.39, 0.29) is 0 Å². The van der Waals surface area contributed by atoms with Crippen LogP contribution in [0, 0.1) is 0 Å². The summed E-state index contributed by atoms with van der Waals surface area (Å²) in [5.74, 6) is 5.29. The predicted octanol–water partition coefficient (Wildman–Crippen LogP) is 3.15. The second-order valence-corrected chi connectivity index (χ2v) is 2.71. The Morgan fingerprint density at radius 1 is 0.929 bits per heavy atom. The highest BCUT2D eigenvalue weighted by atomic mass is 15.2. The van der Waals surface area contributed by atoms with Crippen molar-refractivity contribution in [3.63, 3.8) is 0 Å². The molecule has 0 fully saturated rings. The lowest BCUT2D eigenvalue weighted by molar-refractivity contribution is 1.36. The average molecular weight is 188 g/mol. The van der Waals surface area contributed by atoms with Crippen molar-refractivity contribution in [1.29, 1.82) is 0 Å². The number of nitrogen functional groups attached to an aromatic ring is 1. The highest BCUT2D eigenvalue weighted by molar-refractivity contribution is 5.85. The second kappa shape index (κ2) is 5.25. The van der Waals surface area contributed by atoms with E-state index < -0.39 is 0 Å². The first kappa shape index (κ1) is 10.5. The van der Waals surface area contributed by atoms with E-state index in [1.165, 1.54) is 10.8 Å².